The van der Waals surface area contributed by atoms with Crippen LogP contribution in [0.2, 0.25) is 0 Å². The van der Waals surface area contributed by atoms with Gasteiger partial charge in [0.05, 0.1) is 0 Å². The monoisotopic (exact) mass is 531 g/mol. The molecule has 2 aromatic heterocycles. The molecule has 2 unspecified atom stereocenters. The third-order valence-corrected chi connectivity index (χ3v) is 11.5. The standard InChI is InChI=1S/C32H43N3P2/c1-9-23(4)25(6)15-22(3)16-28-17-27-11-10-12-30(27)35-32(28)34-19-21(2)13-14-24(5)29-18-31(26(7)33)37(20-29)36-8/h9,13-15,17-18,20,36H,1,7,10-12,16,19,33H2,2-6,8H3,(H,34,35)/b21-13+,22-15+,24-14+,25-23-. The van der Waals surface area contributed by atoms with Crippen LogP contribution in [-0.2, 0) is 19.3 Å². The normalized spacial score (nSPS) is 15.7. The Balaban J connectivity index is 1.77. The largest absolute Gasteiger partial charge is 0.398 e. The van der Waals surface area contributed by atoms with E-state index in [2.05, 4.69) is 95.9 Å². The van der Waals surface area contributed by atoms with Crippen LogP contribution < -0.4 is 11.1 Å². The van der Waals surface area contributed by atoms with Gasteiger partial charge in [0, 0.05) is 23.2 Å². The topological polar surface area (TPSA) is 50.9 Å². The number of aromatic nitrogens is 1. The van der Waals surface area contributed by atoms with Crippen LogP contribution in [0.4, 0.5) is 5.82 Å². The van der Waals surface area contributed by atoms with Gasteiger partial charge in [-0.25, -0.2) is 4.98 Å². The first kappa shape index (κ1) is 29.0. The van der Waals surface area contributed by atoms with Crippen molar-refractivity contribution in [2.75, 3.05) is 18.5 Å². The molecule has 0 radical (unpaired) electrons. The summed E-state index contributed by atoms with van der Waals surface area (Å²) in [7, 11) is 0.552. The number of rotatable bonds is 11. The van der Waals surface area contributed by atoms with Crippen LogP contribution in [0.5, 0.6) is 0 Å². The highest BCUT2D eigenvalue weighted by Gasteiger charge is 2.17. The fraction of sp³-hybridized carbons (Fsp3) is 0.344. The van der Waals surface area contributed by atoms with Gasteiger partial charge in [0.2, 0.25) is 0 Å². The number of anilines is 1. The van der Waals surface area contributed by atoms with E-state index in [9.17, 15) is 0 Å². The summed E-state index contributed by atoms with van der Waals surface area (Å²) in [5, 5.41) is 4.88. The fourth-order valence-electron chi connectivity index (χ4n) is 4.56. The molecule has 3 nitrogen and oxygen atoms in total. The summed E-state index contributed by atoms with van der Waals surface area (Å²) in [5.74, 6) is 3.41. The predicted octanol–water partition coefficient (Wildman–Crippen LogP) is 9.03. The van der Waals surface area contributed by atoms with Crippen molar-refractivity contribution in [3.05, 3.63) is 105 Å². The Labute approximate surface area is 227 Å². The molecule has 0 bridgehead atoms. The molecule has 2 atom stereocenters. The zero-order chi connectivity index (χ0) is 27.1. The summed E-state index contributed by atoms with van der Waals surface area (Å²) in [5.41, 5.74) is 18.3. The number of nitrogens with zero attached hydrogens (tertiary/aromatic N) is 1. The molecule has 2 heterocycles. The van der Waals surface area contributed by atoms with Gasteiger partial charge in [0.1, 0.15) is 5.82 Å². The maximum Gasteiger partial charge on any atom is 0.130 e. The van der Waals surface area contributed by atoms with E-state index < -0.39 is 0 Å². The van der Waals surface area contributed by atoms with E-state index in [1.165, 1.54) is 62.0 Å². The number of pyridine rings is 1. The summed E-state index contributed by atoms with van der Waals surface area (Å²) in [4.78, 5) is 5.07. The first-order chi connectivity index (χ1) is 17.6. The summed E-state index contributed by atoms with van der Waals surface area (Å²) >= 11 is 0. The second-order valence-electron chi connectivity index (χ2n) is 10.1. The number of nitrogens with two attached hydrogens (primary N) is 1. The Hall–Kier alpha value is -2.60. The van der Waals surface area contributed by atoms with Crippen LogP contribution in [0.15, 0.2) is 77.7 Å². The summed E-state index contributed by atoms with van der Waals surface area (Å²) in [6.07, 6.45) is 12.9. The number of hydrogen-bond donors (Lipinski definition) is 2. The lowest BCUT2D eigenvalue weighted by Crippen LogP contribution is -2.09. The highest BCUT2D eigenvalue weighted by molar-refractivity contribution is 8.17. The van der Waals surface area contributed by atoms with Crippen LogP contribution in [0.1, 0.15) is 68.7 Å². The maximum absolute atomic E-state index is 6.03. The van der Waals surface area contributed by atoms with Crippen molar-refractivity contribution >= 4 is 32.6 Å². The van der Waals surface area contributed by atoms with Gasteiger partial charge in [-0.1, -0.05) is 64.1 Å². The molecular weight excluding hydrogens is 488 g/mol. The van der Waals surface area contributed by atoms with Crippen molar-refractivity contribution in [3.63, 3.8) is 0 Å². The molecule has 0 saturated heterocycles. The van der Waals surface area contributed by atoms with Gasteiger partial charge in [0.15, 0.2) is 0 Å². The Morgan fingerprint density at radius 2 is 1.86 bits per heavy atom. The molecule has 1 aliphatic carbocycles. The molecule has 0 spiro atoms. The number of nitrogens with one attached hydrogen (secondary N) is 1. The molecular formula is C32H43N3P2. The van der Waals surface area contributed by atoms with Gasteiger partial charge in [-0.3, -0.25) is 0 Å². The lowest BCUT2D eigenvalue weighted by Gasteiger charge is -2.15. The number of aryl methyl sites for hydroxylation is 2. The van der Waals surface area contributed by atoms with Gasteiger partial charge in [-0.15, -0.1) is 0 Å². The van der Waals surface area contributed by atoms with Crippen LogP contribution in [-0.4, -0.2) is 18.2 Å². The molecule has 1 aliphatic rings. The van der Waals surface area contributed by atoms with Crippen LogP contribution in [0.25, 0.3) is 11.3 Å². The molecule has 3 rings (SSSR count). The van der Waals surface area contributed by atoms with E-state index in [0.29, 0.717) is 5.70 Å². The first-order valence-electron chi connectivity index (χ1n) is 13.0. The van der Waals surface area contributed by atoms with E-state index in [4.69, 9.17) is 10.7 Å². The fourth-order valence-corrected chi connectivity index (χ4v) is 8.36. The molecule has 5 heteroatoms. The molecule has 0 saturated carbocycles. The average Bonchev–Trinajstić information content (AvgIpc) is 3.51. The van der Waals surface area contributed by atoms with Gasteiger partial charge in [0.25, 0.3) is 0 Å². The minimum Gasteiger partial charge on any atom is -0.398 e. The van der Waals surface area contributed by atoms with Gasteiger partial charge in [-0.2, -0.15) is 0 Å². The average molecular weight is 532 g/mol. The summed E-state index contributed by atoms with van der Waals surface area (Å²) in [6.45, 7) is 21.7. The van der Waals surface area contributed by atoms with E-state index >= 15 is 0 Å². The van der Waals surface area contributed by atoms with Crippen molar-refractivity contribution in [3.8, 4) is 0 Å². The lowest BCUT2D eigenvalue weighted by atomic mass is 10.0. The second kappa shape index (κ2) is 13.3. The Bertz CT molecular complexity index is 1300. The number of hydrogen-bond acceptors (Lipinski definition) is 3. The molecule has 0 amide bonds. The summed E-state index contributed by atoms with van der Waals surface area (Å²) < 4.78 is 0. The van der Waals surface area contributed by atoms with Gasteiger partial charge < -0.3 is 11.1 Å². The number of allylic oxidation sites excluding steroid dienone is 8. The van der Waals surface area contributed by atoms with Crippen LogP contribution in [0.3, 0.4) is 0 Å². The van der Waals surface area contributed by atoms with E-state index in [-0.39, 0.29) is 7.22 Å². The highest BCUT2D eigenvalue weighted by Crippen LogP contribution is 2.53. The minimum atomic E-state index is -0.297. The zero-order valence-electron chi connectivity index (χ0n) is 23.5. The molecule has 0 aliphatic heterocycles. The van der Waals surface area contributed by atoms with Gasteiger partial charge in [-0.05, 0) is 118 Å². The first-order valence-corrected chi connectivity index (χ1v) is 16.8. The van der Waals surface area contributed by atoms with Crippen molar-refractivity contribution in [2.45, 2.75) is 60.3 Å². The third-order valence-electron chi connectivity index (χ3n) is 6.99. The third kappa shape index (κ3) is 7.70. The molecule has 37 heavy (non-hydrogen) atoms. The predicted molar refractivity (Wildman–Crippen MR) is 170 cm³/mol. The SMILES string of the molecule is C=C/C(C)=C(C)\C=C(/C)Cc1cc2c(nc1NC/C(C)=C/C=C(\C)c1cc(C(=C)N)p(PC)c1)CCC2. The van der Waals surface area contributed by atoms with Gasteiger partial charge >= 0.3 is 0 Å². The Morgan fingerprint density at radius 1 is 1.11 bits per heavy atom. The van der Waals surface area contributed by atoms with Crippen LogP contribution in [0, 0.1) is 0 Å². The van der Waals surface area contributed by atoms with E-state index in [0.717, 1.165) is 39.9 Å². The van der Waals surface area contributed by atoms with E-state index in [1.807, 2.05) is 6.08 Å². The molecule has 196 valence electrons. The van der Waals surface area contributed by atoms with Crippen molar-refractivity contribution in [1.29, 1.82) is 0 Å². The van der Waals surface area contributed by atoms with E-state index in [1.54, 1.807) is 0 Å². The molecule has 2 aromatic rings. The Morgan fingerprint density at radius 3 is 2.51 bits per heavy atom. The molecule has 0 fully saturated rings. The zero-order valence-corrected chi connectivity index (χ0v) is 25.4. The second-order valence-corrected chi connectivity index (χ2v) is 14.9. The molecule has 0 aromatic carbocycles. The highest BCUT2D eigenvalue weighted by atomic mass is 32.0. The number of fused-ring (bicyclic) bond motifs is 1. The van der Waals surface area contributed by atoms with Crippen molar-refractivity contribution in [1.82, 2.24) is 4.98 Å². The minimum absolute atomic E-state index is 0.297. The lowest BCUT2D eigenvalue weighted by molar-refractivity contribution is 0.899. The maximum atomic E-state index is 6.03. The Kier molecular flexibility index (Phi) is 10.4. The van der Waals surface area contributed by atoms with Crippen molar-refractivity contribution in [2.24, 2.45) is 5.73 Å². The quantitative estimate of drug-likeness (QED) is 0.225. The van der Waals surface area contributed by atoms with Crippen molar-refractivity contribution < 1.29 is 0 Å². The smallest absolute Gasteiger partial charge is 0.130 e. The molecule has 3 N–H and O–H groups in total. The van der Waals surface area contributed by atoms with Crippen LogP contribution >= 0.6 is 15.5 Å². The summed E-state index contributed by atoms with van der Waals surface area (Å²) in [6, 6.07) is 4.60.